The molecule has 0 radical (unpaired) electrons. The minimum Gasteiger partial charge on any atom is -0.507 e. The van der Waals surface area contributed by atoms with Crippen molar-refractivity contribution in [3.8, 4) is 11.5 Å². The van der Waals surface area contributed by atoms with Crippen molar-refractivity contribution >= 4 is 38.8 Å². The van der Waals surface area contributed by atoms with Crippen LogP contribution in [-0.2, 0) is 11.2 Å². The Morgan fingerprint density at radius 3 is 2.58 bits per heavy atom. The molecule has 0 aliphatic heterocycles. The monoisotopic (exact) mass is 418 g/mol. The topological polar surface area (TPSA) is 126 Å². The predicted molar refractivity (Wildman–Crippen MR) is 98.4 cm³/mol. The van der Waals surface area contributed by atoms with Crippen molar-refractivity contribution in [3.05, 3.63) is 58.2 Å². The number of rotatable bonds is 5. The van der Waals surface area contributed by atoms with Crippen LogP contribution in [0.4, 0.5) is 0 Å². The van der Waals surface area contributed by atoms with Crippen LogP contribution in [0, 0.1) is 0 Å². The van der Waals surface area contributed by atoms with Crippen LogP contribution in [0.1, 0.15) is 15.9 Å². The van der Waals surface area contributed by atoms with E-state index in [1.165, 1.54) is 12.3 Å². The van der Waals surface area contributed by atoms with E-state index in [4.69, 9.17) is 15.6 Å². The molecule has 0 amide bonds. The van der Waals surface area contributed by atoms with Gasteiger partial charge in [0.1, 0.15) is 17.5 Å². The number of ether oxygens (including phenoxy) is 1. The molecule has 0 fully saturated rings. The van der Waals surface area contributed by atoms with E-state index < -0.39 is 18.0 Å². The van der Waals surface area contributed by atoms with Gasteiger partial charge in [-0.15, -0.1) is 0 Å². The predicted octanol–water partition coefficient (Wildman–Crippen LogP) is 2.81. The van der Waals surface area contributed by atoms with Crippen molar-refractivity contribution < 1.29 is 24.5 Å². The Kier molecular flexibility index (Phi) is 4.97. The number of aromatic nitrogens is 1. The number of aliphatic carboxylic acids is 1. The van der Waals surface area contributed by atoms with Crippen LogP contribution in [0.25, 0.3) is 10.9 Å². The van der Waals surface area contributed by atoms with Gasteiger partial charge in [-0.05, 0) is 52.2 Å². The number of H-pyrrole nitrogens is 1. The lowest BCUT2D eigenvalue weighted by Gasteiger charge is -2.08. The number of phenolic OH excluding ortho intramolecular Hbond substituents is 1. The van der Waals surface area contributed by atoms with Crippen LogP contribution in [-0.4, -0.2) is 33.2 Å². The number of hydrogen-bond donors (Lipinski definition) is 4. The third kappa shape index (κ3) is 3.71. The minimum absolute atomic E-state index is 0.0188. The SMILES string of the molecule is NC(Cc1ccc(OC(=O)c2c[nH]c3cc(Br)c(O)cc23)cc1)C(=O)O. The lowest BCUT2D eigenvalue weighted by Crippen LogP contribution is -2.32. The molecular weight excluding hydrogens is 404 g/mol. The second-order valence-corrected chi connectivity index (χ2v) is 6.59. The maximum absolute atomic E-state index is 12.4. The number of nitrogens with one attached hydrogen (secondary N) is 1. The van der Waals surface area contributed by atoms with Crippen molar-refractivity contribution in [1.82, 2.24) is 4.98 Å². The molecular formula is C18H15BrN2O5. The third-order valence-corrected chi connectivity index (χ3v) is 4.51. The Bertz CT molecular complexity index is 981. The highest BCUT2D eigenvalue weighted by atomic mass is 79.9. The molecule has 0 spiro atoms. The Labute approximate surface area is 156 Å². The number of benzene rings is 2. The summed E-state index contributed by atoms with van der Waals surface area (Å²) in [5.41, 5.74) is 7.19. The summed E-state index contributed by atoms with van der Waals surface area (Å²) < 4.78 is 5.86. The molecule has 3 rings (SSSR count). The smallest absolute Gasteiger partial charge is 0.345 e. The molecule has 1 heterocycles. The molecule has 0 bridgehead atoms. The fourth-order valence-corrected chi connectivity index (χ4v) is 2.84. The van der Waals surface area contributed by atoms with Crippen molar-refractivity contribution in [3.63, 3.8) is 0 Å². The van der Waals surface area contributed by atoms with Gasteiger partial charge in [-0.1, -0.05) is 12.1 Å². The standard InChI is InChI=1S/C18H15BrN2O5/c19-13-7-15-11(6-16(13)22)12(8-21-15)18(25)26-10-3-1-9(2-4-10)5-14(20)17(23)24/h1-4,6-8,14,21-22H,5,20H2,(H,23,24). The zero-order valence-electron chi connectivity index (χ0n) is 13.4. The van der Waals surface area contributed by atoms with Crippen molar-refractivity contribution in [2.45, 2.75) is 12.5 Å². The van der Waals surface area contributed by atoms with E-state index in [0.717, 1.165) is 5.56 Å². The van der Waals surface area contributed by atoms with E-state index >= 15 is 0 Å². The van der Waals surface area contributed by atoms with E-state index in [1.807, 2.05) is 0 Å². The van der Waals surface area contributed by atoms with Crippen LogP contribution >= 0.6 is 15.9 Å². The van der Waals surface area contributed by atoms with Crippen LogP contribution in [0.5, 0.6) is 11.5 Å². The summed E-state index contributed by atoms with van der Waals surface area (Å²) in [6.45, 7) is 0. The number of halogens is 1. The Balaban J connectivity index is 1.76. The van der Waals surface area contributed by atoms with Crippen molar-refractivity contribution in [2.75, 3.05) is 0 Å². The first-order valence-electron chi connectivity index (χ1n) is 7.64. The fourth-order valence-electron chi connectivity index (χ4n) is 2.50. The number of aromatic amines is 1. The highest BCUT2D eigenvalue weighted by Gasteiger charge is 2.17. The molecule has 2 aromatic carbocycles. The lowest BCUT2D eigenvalue weighted by molar-refractivity contribution is -0.138. The number of hydrogen-bond acceptors (Lipinski definition) is 5. The summed E-state index contributed by atoms with van der Waals surface area (Å²) in [5, 5.41) is 19.2. The van der Waals surface area contributed by atoms with Gasteiger partial charge in [-0.2, -0.15) is 0 Å². The van der Waals surface area contributed by atoms with Gasteiger partial charge in [0.2, 0.25) is 0 Å². The number of nitrogens with two attached hydrogens (primary N) is 1. The van der Waals surface area contributed by atoms with Crippen molar-refractivity contribution in [2.24, 2.45) is 5.73 Å². The molecule has 1 aromatic heterocycles. The van der Waals surface area contributed by atoms with Crippen LogP contribution in [0.2, 0.25) is 0 Å². The zero-order valence-corrected chi connectivity index (χ0v) is 15.0. The number of aromatic hydroxyl groups is 1. The average molecular weight is 419 g/mol. The zero-order chi connectivity index (χ0) is 18.8. The largest absolute Gasteiger partial charge is 0.507 e. The highest BCUT2D eigenvalue weighted by molar-refractivity contribution is 9.10. The second kappa shape index (κ2) is 7.19. The van der Waals surface area contributed by atoms with E-state index in [2.05, 4.69) is 20.9 Å². The van der Waals surface area contributed by atoms with Gasteiger partial charge < -0.3 is 25.7 Å². The van der Waals surface area contributed by atoms with Crippen molar-refractivity contribution in [1.29, 1.82) is 0 Å². The minimum atomic E-state index is -1.07. The van der Waals surface area contributed by atoms with Gasteiger partial charge >= 0.3 is 11.9 Å². The first-order valence-corrected chi connectivity index (χ1v) is 8.43. The average Bonchev–Trinajstić information content (AvgIpc) is 2.99. The number of carbonyl (C=O) groups is 2. The Hall–Kier alpha value is -2.84. The van der Waals surface area contributed by atoms with Gasteiger partial charge in [0, 0.05) is 17.1 Å². The number of carboxylic acids is 1. The van der Waals surface area contributed by atoms with Gasteiger partial charge in [0.25, 0.3) is 0 Å². The maximum Gasteiger partial charge on any atom is 0.345 e. The number of carboxylic acid groups (broad SMARTS) is 1. The lowest BCUT2D eigenvalue weighted by atomic mass is 10.1. The Morgan fingerprint density at radius 2 is 1.92 bits per heavy atom. The number of phenols is 1. The molecule has 134 valence electrons. The van der Waals surface area contributed by atoms with E-state index in [1.54, 1.807) is 30.3 Å². The molecule has 1 unspecified atom stereocenters. The van der Waals surface area contributed by atoms with Gasteiger partial charge in [0.15, 0.2) is 0 Å². The van der Waals surface area contributed by atoms with E-state index in [9.17, 15) is 14.7 Å². The van der Waals surface area contributed by atoms with Gasteiger partial charge in [-0.3, -0.25) is 4.79 Å². The summed E-state index contributed by atoms with van der Waals surface area (Å²) in [5.74, 6) is -1.31. The van der Waals surface area contributed by atoms with Gasteiger partial charge in [-0.25, -0.2) is 4.79 Å². The Morgan fingerprint density at radius 1 is 1.23 bits per heavy atom. The van der Waals surface area contributed by atoms with Gasteiger partial charge in [0.05, 0.1) is 10.0 Å². The normalized spacial score (nSPS) is 12.1. The number of fused-ring (bicyclic) bond motifs is 1. The maximum atomic E-state index is 12.4. The first-order chi connectivity index (χ1) is 12.3. The molecule has 7 nitrogen and oxygen atoms in total. The third-order valence-electron chi connectivity index (χ3n) is 3.88. The molecule has 0 saturated carbocycles. The first kappa shape index (κ1) is 18.0. The number of carbonyl (C=O) groups excluding carboxylic acids is 1. The highest BCUT2D eigenvalue weighted by Crippen LogP contribution is 2.31. The summed E-state index contributed by atoms with van der Waals surface area (Å²) in [6, 6.07) is 8.62. The fraction of sp³-hybridized carbons (Fsp3) is 0.111. The van der Waals surface area contributed by atoms with Crippen LogP contribution < -0.4 is 10.5 Å². The molecule has 5 N–H and O–H groups in total. The molecule has 3 aromatic rings. The summed E-state index contributed by atoms with van der Waals surface area (Å²) in [7, 11) is 0. The molecule has 0 aliphatic rings. The summed E-state index contributed by atoms with van der Waals surface area (Å²) >= 11 is 3.22. The summed E-state index contributed by atoms with van der Waals surface area (Å²) in [4.78, 5) is 26.1. The molecule has 26 heavy (non-hydrogen) atoms. The molecule has 0 saturated heterocycles. The quantitative estimate of drug-likeness (QED) is 0.372. The van der Waals surface area contributed by atoms with E-state index in [-0.39, 0.29) is 12.2 Å². The molecule has 8 heteroatoms. The van der Waals surface area contributed by atoms with Crippen LogP contribution in [0.3, 0.4) is 0 Å². The molecule has 1 atom stereocenters. The van der Waals surface area contributed by atoms with E-state index in [0.29, 0.717) is 26.7 Å². The second-order valence-electron chi connectivity index (χ2n) is 5.73. The molecule has 0 aliphatic carbocycles. The summed E-state index contributed by atoms with van der Waals surface area (Å²) in [6.07, 6.45) is 1.69. The number of esters is 1. The van der Waals surface area contributed by atoms with Crippen LogP contribution in [0.15, 0.2) is 47.1 Å².